The molecule has 0 spiro atoms. The number of rotatable bonds is 2. The Morgan fingerprint density at radius 2 is 1.75 bits per heavy atom. The maximum Gasteiger partial charge on any atom is 0.318 e. The molecule has 61 valence electrons. The molecule has 4 heteroatoms. The van der Waals surface area contributed by atoms with Crippen molar-refractivity contribution in [2.45, 2.75) is 0 Å². The van der Waals surface area contributed by atoms with Crippen molar-refractivity contribution in [2.75, 3.05) is 0 Å². The average molecular weight is 167 g/mol. The molecular weight excluding hydrogens is 161 g/mol. The van der Waals surface area contributed by atoms with Gasteiger partial charge < -0.3 is 5.02 Å². The maximum atomic E-state index is 12.5. The number of hydrogen-bond donors (Lipinski definition) is 1. The highest BCUT2D eigenvalue weighted by Crippen LogP contribution is 2.08. The lowest BCUT2D eigenvalue weighted by Crippen LogP contribution is -1.83. The van der Waals surface area contributed by atoms with E-state index >= 15 is 0 Å². The third kappa shape index (κ3) is 2.47. The maximum absolute atomic E-state index is 12.5. The molecule has 1 nitrogen and oxygen atoms in total. The number of halogens is 2. The van der Waals surface area contributed by atoms with Gasteiger partial charge in [0.15, 0.2) is 0 Å². The molecule has 0 bridgehead atoms. The standard InChI is InChI=1S/C8H6BF2O/c10-7-3-6(1-2-9-12)4-8(11)5-7/h1-5,12H. The minimum Gasteiger partial charge on any atom is -0.450 e. The van der Waals surface area contributed by atoms with Crippen LogP contribution in [0.15, 0.2) is 24.2 Å². The Hall–Kier alpha value is -1.16. The molecule has 0 aromatic heterocycles. The van der Waals surface area contributed by atoms with E-state index in [9.17, 15) is 8.78 Å². The van der Waals surface area contributed by atoms with E-state index in [4.69, 9.17) is 5.02 Å². The molecule has 1 aromatic rings. The highest BCUT2D eigenvalue weighted by Gasteiger charge is 1.96. The highest BCUT2D eigenvalue weighted by atomic mass is 19.1. The molecule has 1 rings (SSSR count). The van der Waals surface area contributed by atoms with Gasteiger partial charge in [-0.2, -0.15) is 0 Å². The van der Waals surface area contributed by atoms with Crippen LogP contribution in [0.4, 0.5) is 8.78 Å². The second-order valence-electron chi connectivity index (χ2n) is 2.21. The average Bonchev–Trinajstić information content (AvgIpc) is 1.99. The first-order valence-corrected chi connectivity index (χ1v) is 3.32. The van der Waals surface area contributed by atoms with Gasteiger partial charge in [-0.25, -0.2) is 8.78 Å². The van der Waals surface area contributed by atoms with Crippen molar-refractivity contribution in [3.63, 3.8) is 0 Å². The van der Waals surface area contributed by atoms with E-state index in [-0.39, 0.29) is 0 Å². The summed E-state index contributed by atoms with van der Waals surface area (Å²) in [6.45, 7) is 0. The van der Waals surface area contributed by atoms with E-state index in [1.54, 1.807) is 0 Å². The molecule has 1 radical (unpaired) electrons. The fraction of sp³-hybridized carbons (Fsp3) is 0. The van der Waals surface area contributed by atoms with Crippen LogP contribution in [0.2, 0.25) is 0 Å². The molecule has 0 heterocycles. The van der Waals surface area contributed by atoms with Gasteiger partial charge in [0.1, 0.15) is 11.6 Å². The quantitative estimate of drug-likeness (QED) is 0.662. The fourth-order valence-electron chi connectivity index (χ4n) is 0.826. The summed E-state index contributed by atoms with van der Waals surface area (Å²) in [4.78, 5) is 0. The van der Waals surface area contributed by atoms with Crippen LogP contribution in [0.3, 0.4) is 0 Å². The smallest absolute Gasteiger partial charge is 0.318 e. The first-order valence-electron chi connectivity index (χ1n) is 3.32. The summed E-state index contributed by atoms with van der Waals surface area (Å²) in [6.07, 6.45) is 1.40. The number of hydrogen-bond acceptors (Lipinski definition) is 1. The SMILES string of the molecule is O[B]C=Cc1cc(F)cc(F)c1. The summed E-state index contributed by atoms with van der Waals surface area (Å²) in [5.41, 5.74) is 0.373. The van der Waals surface area contributed by atoms with E-state index in [1.807, 2.05) is 0 Å². The van der Waals surface area contributed by atoms with Crippen molar-refractivity contribution in [3.8, 4) is 0 Å². The molecule has 1 aromatic carbocycles. The highest BCUT2D eigenvalue weighted by molar-refractivity contribution is 6.33. The van der Waals surface area contributed by atoms with Crippen molar-refractivity contribution in [3.05, 3.63) is 41.4 Å². The van der Waals surface area contributed by atoms with E-state index in [1.165, 1.54) is 24.2 Å². The predicted molar refractivity (Wildman–Crippen MR) is 43.4 cm³/mol. The lowest BCUT2D eigenvalue weighted by Gasteiger charge is -1.94. The van der Waals surface area contributed by atoms with Crippen molar-refractivity contribution in [1.29, 1.82) is 0 Å². The molecule has 0 saturated carbocycles. The molecular formula is C8H6BF2O. The first kappa shape index (κ1) is 8.94. The van der Waals surface area contributed by atoms with E-state index in [0.29, 0.717) is 5.56 Å². The molecule has 0 amide bonds. The van der Waals surface area contributed by atoms with Crippen LogP contribution < -0.4 is 0 Å². The summed E-state index contributed by atoms with van der Waals surface area (Å²) in [5, 5.41) is 8.27. The Bertz CT molecular complexity index is 279. The Labute approximate surface area is 69.6 Å². The molecule has 0 aliphatic heterocycles. The van der Waals surface area contributed by atoms with Crippen molar-refractivity contribution >= 4 is 13.6 Å². The summed E-state index contributed by atoms with van der Waals surface area (Å²) >= 11 is 0. The minimum absolute atomic E-state index is 0.373. The van der Waals surface area contributed by atoms with Crippen LogP contribution in [0, 0.1) is 11.6 Å². The predicted octanol–water partition coefficient (Wildman–Crippen LogP) is 1.55. The second kappa shape index (κ2) is 4.02. The normalized spacial score (nSPS) is 10.6. The van der Waals surface area contributed by atoms with Crippen LogP contribution in [-0.2, 0) is 0 Å². The zero-order chi connectivity index (χ0) is 8.97. The van der Waals surface area contributed by atoms with Crippen molar-refractivity contribution in [1.82, 2.24) is 0 Å². The van der Waals surface area contributed by atoms with Crippen molar-refractivity contribution < 1.29 is 13.8 Å². The zero-order valence-corrected chi connectivity index (χ0v) is 6.17. The van der Waals surface area contributed by atoms with Gasteiger partial charge in [0.2, 0.25) is 0 Å². The van der Waals surface area contributed by atoms with Gasteiger partial charge in [-0.1, -0.05) is 12.1 Å². The molecule has 0 saturated heterocycles. The topological polar surface area (TPSA) is 20.2 Å². The molecule has 12 heavy (non-hydrogen) atoms. The Balaban J connectivity index is 2.93. The van der Waals surface area contributed by atoms with Crippen LogP contribution in [0.5, 0.6) is 0 Å². The molecule has 1 N–H and O–H groups in total. The van der Waals surface area contributed by atoms with Crippen LogP contribution in [0.1, 0.15) is 5.56 Å². The summed E-state index contributed by atoms with van der Waals surface area (Å²) in [7, 11) is 0.794. The van der Waals surface area contributed by atoms with Gasteiger partial charge in [-0.15, -0.1) is 0 Å². The molecule has 0 atom stereocenters. The third-order valence-corrected chi connectivity index (χ3v) is 1.26. The van der Waals surface area contributed by atoms with Crippen LogP contribution >= 0.6 is 0 Å². The summed E-state index contributed by atoms with van der Waals surface area (Å²) in [5.74, 6) is 0.0222. The second-order valence-corrected chi connectivity index (χ2v) is 2.21. The Morgan fingerprint density at radius 1 is 1.17 bits per heavy atom. The monoisotopic (exact) mass is 167 g/mol. The largest absolute Gasteiger partial charge is 0.450 e. The lowest BCUT2D eigenvalue weighted by molar-refractivity contribution is 0.582. The van der Waals surface area contributed by atoms with Crippen LogP contribution in [0.25, 0.3) is 6.08 Å². The summed E-state index contributed by atoms with van der Waals surface area (Å²) < 4.78 is 25.0. The Kier molecular flexibility index (Phi) is 2.99. The van der Waals surface area contributed by atoms with Gasteiger partial charge in [-0.3, -0.25) is 0 Å². The Morgan fingerprint density at radius 3 is 2.25 bits per heavy atom. The number of benzene rings is 1. The molecule has 0 fully saturated rings. The molecule has 0 aliphatic carbocycles. The van der Waals surface area contributed by atoms with Crippen molar-refractivity contribution in [2.24, 2.45) is 0 Å². The molecule has 0 aliphatic rings. The first-order chi connectivity index (χ1) is 5.72. The van der Waals surface area contributed by atoms with Gasteiger partial charge in [0.05, 0.1) is 0 Å². The van der Waals surface area contributed by atoms with E-state index < -0.39 is 11.6 Å². The van der Waals surface area contributed by atoms with E-state index in [2.05, 4.69) is 0 Å². The fourth-order valence-corrected chi connectivity index (χ4v) is 0.826. The van der Waals surface area contributed by atoms with Gasteiger partial charge >= 0.3 is 7.48 Å². The van der Waals surface area contributed by atoms with Gasteiger partial charge in [0.25, 0.3) is 0 Å². The molecule has 0 unspecified atom stereocenters. The van der Waals surface area contributed by atoms with E-state index in [0.717, 1.165) is 13.5 Å². The zero-order valence-electron chi connectivity index (χ0n) is 6.17. The van der Waals surface area contributed by atoms with Gasteiger partial charge in [-0.05, 0) is 17.7 Å². The lowest BCUT2D eigenvalue weighted by atomic mass is 10.0. The van der Waals surface area contributed by atoms with Gasteiger partial charge in [0, 0.05) is 6.07 Å². The van der Waals surface area contributed by atoms with Crippen LogP contribution in [-0.4, -0.2) is 12.5 Å². The minimum atomic E-state index is -0.632. The third-order valence-electron chi connectivity index (χ3n) is 1.26. The summed E-state index contributed by atoms with van der Waals surface area (Å²) in [6, 6.07) is 3.13.